The first-order valence-electron chi connectivity index (χ1n) is 8.31. The minimum atomic E-state index is -3.45. The molecule has 1 aliphatic heterocycles. The molecule has 0 amide bonds. The van der Waals surface area contributed by atoms with Gasteiger partial charge in [-0.3, -0.25) is 0 Å². The molecule has 0 N–H and O–H groups in total. The molecule has 0 unspecified atom stereocenters. The number of sulfonamides is 1. The highest BCUT2D eigenvalue weighted by Gasteiger charge is 2.59. The summed E-state index contributed by atoms with van der Waals surface area (Å²) in [6, 6.07) is 6.30. The highest BCUT2D eigenvalue weighted by atomic mass is 32.2. The van der Waals surface area contributed by atoms with E-state index in [9.17, 15) is 13.2 Å². The normalized spacial score (nSPS) is 32.4. The lowest BCUT2D eigenvalue weighted by Gasteiger charge is -2.49. The van der Waals surface area contributed by atoms with E-state index < -0.39 is 16.0 Å². The Morgan fingerprint density at radius 1 is 1.22 bits per heavy atom. The Balaban J connectivity index is 1.54. The summed E-state index contributed by atoms with van der Waals surface area (Å²) in [4.78, 5) is 11.9. The van der Waals surface area contributed by atoms with Gasteiger partial charge in [0.2, 0.25) is 10.0 Å². The third-order valence-corrected chi connectivity index (χ3v) is 7.61. The van der Waals surface area contributed by atoms with Crippen molar-refractivity contribution in [2.45, 2.75) is 37.1 Å². The molecular weight excluding hydrogens is 314 g/mol. The SMILES string of the molecule is CCOC(=O)c1ccc(S(=O)(=O)N2C[C@H]3[C@H]4CC[C@@H](C4)[C@@H]32)cc1. The molecular formula is C17H21NO4S. The summed E-state index contributed by atoms with van der Waals surface area (Å²) in [7, 11) is -3.45. The topological polar surface area (TPSA) is 63.7 Å². The van der Waals surface area contributed by atoms with Crippen LogP contribution in [0.25, 0.3) is 0 Å². The average molecular weight is 335 g/mol. The number of rotatable bonds is 4. The van der Waals surface area contributed by atoms with Crippen LogP contribution in [0.2, 0.25) is 0 Å². The predicted octanol–water partition coefficient (Wildman–Crippen LogP) is 2.28. The predicted molar refractivity (Wildman–Crippen MR) is 84.4 cm³/mol. The molecule has 23 heavy (non-hydrogen) atoms. The maximum atomic E-state index is 12.9. The second kappa shape index (κ2) is 5.31. The van der Waals surface area contributed by atoms with E-state index >= 15 is 0 Å². The molecule has 2 saturated carbocycles. The highest BCUT2D eigenvalue weighted by Crippen LogP contribution is 2.56. The zero-order chi connectivity index (χ0) is 16.2. The molecule has 5 nitrogen and oxygen atoms in total. The Hall–Kier alpha value is -1.40. The lowest BCUT2D eigenvalue weighted by molar-refractivity contribution is 0.0505. The van der Waals surface area contributed by atoms with Crippen LogP contribution in [0.15, 0.2) is 29.2 Å². The summed E-state index contributed by atoms with van der Waals surface area (Å²) in [6.45, 7) is 2.71. The summed E-state index contributed by atoms with van der Waals surface area (Å²) in [5.41, 5.74) is 0.382. The van der Waals surface area contributed by atoms with E-state index in [-0.39, 0.29) is 10.9 Å². The number of carbonyl (C=O) groups is 1. The van der Waals surface area contributed by atoms with Crippen molar-refractivity contribution in [1.29, 1.82) is 0 Å². The van der Waals surface area contributed by atoms with Gasteiger partial charge in [-0.15, -0.1) is 0 Å². The first-order chi connectivity index (χ1) is 11.0. The van der Waals surface area contributed by atoms with Crippen molar-refractivity contribution in [3.63, 3.8) is 0 Å². The number of esters is 1. The van der Waals surface area contributed by atoms with Gasteiger partial charge < -0.3 is 4.74 Å². The van der Waals surface area contributed by atoms with Gasteiger partial charge in [-0.25, -0.2) is 13.2 Å². The van der Waals surface area contributed by atoms with E-state index in [0.717, 1.165) is 5.92 Å². The maximum absolute atomic E-state index is 12.9. The van der Waals surface area contributed by atoms with Crippen molar-refractivity contribution in [3.8, 4) is 0 Å². The second-order valence-corrected chi connectivity index (χ2v) is 8.70. The molecule has 0 spiro atoms. The van der Waals surface area contributed by atoms with Crippen molar-refractivity contribution >= 4 is 16.0 Å². The van der Waals surface area contributed by atoms with Crippen LogP contribution in [0.4, 0.5) is 0 Å². The summed E-state index contributed by atoms with van der Waals surface area (Å²) >= 11 is 0. The molecule has 2 bridgehead atoms. The van der Waals surface area contributed by atoms with Crippen molar-refractivity contribution in [3.05, 3.63) is 29.8 Å². The zero-order valence-corrected chi connectivity index (χ0v) is 14.0. The maximum Gasteiger partial charge on any atom is 0.338 e. The first-order valence-corrected chi connectivity index (χ1v) is 9.75. The Kier molecular flexibility index (Phi) is 3.50. The van der Waals surface area contributed by atoms with E-state index in [0.29, 0.717) is 30.6 Å². The lowest BCUT2D eigenvalue weighted by Crippen LogP contribution is -2.60. The van der Waals surface area contributed by atoms with Crippen LogP contribution in [0.5, 0.6) is 0 Å². The van der Waals surface area contributed by atoms with E-state index in [4.69, 9.17) is 4.74 Å². The molecule has 4 rings (SSSR count). The van der Waals surface area contributed by atoms with Crippen molar-refractivity contribution in [2.24, 2.45) is 17.8 Å². The number of ether oxygens (including phenoxy) is 1. The summed E-state index contributed by atoms with van der Waals surface area (Å²) < 4.78 is 32.3. The monoisotopic (exact) mass is 335 g/mol. The van der Waals surface area contributed by atoms with Crippen LogP contribution in [-0.4, -0.2) is 37.9 Å². The Bertz CT molecular complexity index is 725. The van der Waals surface area contributed by atoms with Gasteiger partial charge in [0, 0.05) is 12.6 Å². The van der Waals surface area contributed by atoms with Crippen LogP contribution in [-0.2, 0) is 14.8 Å². The van der Waals surface area contributed by atoms with Crippen LogP contribution < -0.4 is 0 Å². The van der Waals surface area contributed by atoms with Crippen molar-refractivity contribution < 1.29 is 17.9 Å². The number of hydrogen-bond acceptors (Lipinski definition) is 4. The molecule has 1 aromatic carbocycles. The first kappa shape index (κ1) is 15.1. The van der Waals surface area contributed by atoms with Crippen LogP contribution in [0.1, 0.15) is 36.5 Å². The van der Waals surface area contributed by atoms with Gasteiger partial charge >= 0.3 is 5.97 Å². The molecule has 0 radical (unpaired) electrons. The van der Waals surface area contributed by atoms with E-state index in [1.165, 1.54) is 43.5 Å². The zero-order valence-electron chi connectivity index (χ0n) is 13.1. The number of hydrogen-bond donors (Lipinski definition) is 0. The van der Waals surface area contributed by atoms with Gasteiger partial charge in [0.15, 0.2) is 0 Å². The summed E-state index contributed by atoms with van der Waals surface area (Å²) in [6.07, 6.45) is 3.64. The standard InChI is InChI=1S/C17H21NO4S/c1-2-22-17(19)11-5-7-14(8-6-11)23(20,21)18-10-15-12-3-4-13(9-12)16(15)18/h5-8,12-13,15-16H,2-4,9-10H2,1H3/t12-,13-,15-,16-/m0/s1. The van der Waals surface area contributed by atoms with Crippen LogP contribution in [0, 0.1) is 17.8 Å². The number of nitrogens with zero attached hydrogens (tertiary/aromatic N) is 1. The Labute approximate surface area is 136 Å². The Morgan fingerprint density at radius 2 is 1.91 bits per heavy atom. The van der Waals surface area contributed by atoms with Crippen molar-refractivity contribution in [1.82, 2.24) is 4.31 Å². The Morgan fingerprint density at radius 3 is 2.57 bits per heavy atom. The minimum Gasteiger partial charge on any atom is -0.462 e. The summed E-state index contributed by atoms with van der Waals surface area (Å²) in [5, 5.41) is 0. The van der Waals surface area contributed by atoms with Crippen LogP contribution in [0.3, 0.4) is 0 Å². The molecule has 1 saturated heterocycles. The third-order valence-electron chi connectivity index (χ3n) is 5.74. The number of fused-ring (bicyclic) bond motifs is 5. The van der Waals surface area contributed by atoms with Gasteiger partial charge in [0.1, 0.15) is 0 Å². The van der Waals surface area contributed by atoms with E-state index in [1.807, 2.05) is 0 Å². The van der Waals surface area contributed by atoms with Gasteiger partial charge in [0.25, 0.3) is 0 Å². The molecule has 4 atom stereocenters. The largest absolute Gasteiger partial charge is 0.462 e. The van der Waals surface area contributed by atoms with Crippen LogP contribution >= 0.6 is 0 Å². The fourth-order valence-electron chi connectivity index (χ4n) is 4.65. The quantitative estimate of drug-likeness (QED) is 0.792. The smallest absolute Gasteiger partial charge is 0.338 e. The molecule has 3 fully saturated rings. The molecule has 3 aliphatic rings. The fraction of sp³-hybridized carbons (Fsp3) is 0.588. The molecule has 124 valence electrons. The van der Waals surface area contributed by atoms with E-state index in [2.05, 4.69) is 0 Å². The summed E-state index contributed by atoms with van der Waals surface area (Å²) in [5.74, 6) is 1.44. The fourth-order valence-corrected chi connectivity index (χ4v) is 6.42. The molecule has 6 heteroatoms. The second-order valence-electron chi connectivity index (χ2n) is 6.81. The van der Waals surface area contributed by atoms with Gasteiger partial charge in [0.05, 0.1) is 17.1 Å². The lowest BCUT2D eigenvalue weighted by atomic mass is 9.79. The van der Waals surface area contributed by atoms with Gasteiger partial charge in [-0.05, 0) is 68.2 Å². The molecule has 0 aromatic heterocycles. The number of benzene rings is 1. The minimum absolute atomic E-state index is 0.212. The molecule has 1 heterocycles. The van der Waals surface area contributed by atoms with Gasteiger partial charge in [-0.2, -0.15) is 4.31 Å². The number of carbonyl (C=O) groups excluding carboxylic acids is 1. The molecule has 2 aliphatic carbocycles. The highest BCUT2D eigenvalue weighted by molar-refractivity contribution is 7.89. The van der Waals surface area contributed by atoms with Crippen molar-refractivity contribution in [2.75, 3.05) is 13.2 Å². The van der Waals surface area contributed by atoms with E-state index in [1.54, 1.807) is 11.2 Å². The van der Waals surface area contributed by atoms with Gasteiger partial charge in [-0.1, -0.05) is 0 Å². The third kappa shape index (κ3) is 2.22. The average Bonchev–Trinajstić information content (AvgIpc) is 3.04. The molecule has 1 aromatic rings.